The molecule has 1 fully saturated rings. The second-order valence-corrected chi connectivity index (χ2v) is 8.13. The first-order valence-electron chi connectivity index (χ1n) is 8.16. The molecule has 138 valence electrons. The lowest BCUT2D eigenvalue weighted by atomic mass is 10.2. The molecule has 3 N–H and O–H groups in total. The van der Waals surface area contributed by atoms with Gasteiger partial charge in [-0.05, 0) is 31.0 Å². The molecule has 1 heterocycles. The maximum atomic E-state index is 12.9. The van der Waals surface area contributed by atoms with Gasteiger partial charge in [0.15, 0.2) is 6.54 Å². The molecule has 0 atom stereocenters. The average molecular weight is 369 g/mol. The van der Waals surface area contributed by atoms with Crippen LogP contribution in [0, 0.1) is 13.8 Å². The number of rotatable bonds is 4. The number of urea groups is 1. The maximum absolute atomic E-state index is 12.9. The third kappa shape index (κ3) is 4.77. The van der Waals surface area contributed by atoms with E-state index in [0.717, 1.165) is 16.0 Å². The minimum atomic E-state index is -3.53. The zero-order valence-electron chi connectivity index (χ0n) is 14.8. The van der Waals surface area contributed by atoms with Gasteiger partial charge < -0.3 is 10.2 Å². The standard InChI is InChI=1S/C16H24N4O4S/c1-12-4-5-13(2)14(10-12)25(23,24)20-8-6-19(7-9-20)11-15(21)18-16(22)17-3/h4-5,10H,6-9,11H2,1-3H3,(H2,17,18,21,22)/p+1. The summed E-state index contributed by atoms with van der Waals surface area (Å²) >= 11 is 0. The van der Waals surface area contributed by atoms with Crippen LogP contribution in [0.15, 0.2) is 23.1 Å². The number of amides is 3. The number of carbonyl (C=O) groups excluding carboxylic acids is 2. The van der Waals surface area contributed by atoms with E-state index in [-0.39, 0.29) is 12.5 Å². The topological polar surface area (TPSA) is 100 Å². The number of hydrogen-bond donors (Lipinski definition) is 3. The van der Waals surface area contributed by atoms with Crippen LogP contribution in [0.4, 0.5) is 4.79 Å². The van der Waals surface area contributed by atoms with Gasteiger partial charge in [0.05, 0.1) is 31.1 Å². The molecular formula is C16H25N4O4S+. The highest BCUT2D eigenvalue weighted by atomic mass is 32.2. The first-order chi connectivity index (χ1) is 11.7. The molecule has 1 aliphatic heterocycles. The van der Waals surface area contributed by atoms with Gasteiger partial charge >= 0.3 is 6.03 Å². The van der Waals surface area contributed by atoms with E-state index in [0.29, 0.717) is 31.1 Å². The van der Waals surface area contributed by atoms with Crippen LogP contribution >= 0.6 is 0 Å². The van der Waals surface area contributed by atoms with Crippen LogP contribution in [0.25, 0.3) is 0 Å². The largest absolute Gasteiger partial charge is 0.341 e. The van der Waals surface area contributed by atoms with Crippen molar-refractivity contribution in [2.75, 3.05) is 39.8 Å². The normalized spacial score (nSPS) is 16.4. The summed E-state index contributed by atoms with van der Waals surface area (Å²) in [5, 5.41) is 4.54. The van der Waals surface area contributed by atoms with Crippen molar-refractivity contribution in [3.05, 3.63) is 29.3 Å². The van der Waals surface area contributed by atoms with E-state index in [1.165, 1.54) is 11.4 Å². The molecule has 9 heteroatoms. The lowest BCUT2D eigenvalue weighted by Gasteiger charge is -2.31. The van der Waals surface area contributed by atoms with Crippen molar-refractivity contribution in [3.63, 3.8) is 0 Å². The molecular weight excluding hydrogens is 344 g/mol. The SMILES string of the molecule is CNC(=O)NC(=O)C[NH+]1CCN(S(=O)(=O)c2cc(C)ccc2C)CC1. The average Bonchev–Trinajstić information content (AvgIpc) is 2.57. The number of aryl methyl sites for hydroxylation is 2. The Hall–Kier alpha value is -1.97. The Morgan fingerprint density at radius 1 is 1.20 bits per heavy atom. The van der Waals surface area contributed by atoms with Gasteiger partial charge in [-0.15, -0.1) is 0 Å². The Labute approximate surface area is 148 Å². The lowest BCUT2D eigenvalue weighted by molar-refractivity contribution is -0.895. The van der Waals surface area contributed by atoms with Gasteiger partial charge in [0.25, 0.3) is 5.91 Å². The fourth-order valence-corrected chi connectivity index (χ4v) is 4.56. The Morgan fingerprint density at radius 3 is 2.44 bits per heavy atom. The molecule has 0 unspecified atom stereocenters. The zero-order valence-corrected chi connectivity index (χ0v) is 15.6. The van der Waals surface area contributed by atoms with Crippen molar-refractivity contribution in [2.24, 2.45) is 0 Å². The molecule has 1 saturated heterocycles. The third-order valence-corrected chi connectivity index (χ3v) is 6.32. The number of sulfonamides is 1. The van der Waals surface area contributed by atoms with Gasteiger partial charge in [-0.2, -0.15) is 4.31 Å². The zero-order chi connectivity index (χ0) is 18.6. The van der Waals surface area contributed by atoms with Crippen molar-refractivity contribution >= 4 is 22.0 Å². The molecule has 8 nitrogen and oxygen atoms in total. The summed E-state index contributed by atoms with van der Waals surface area (Å²) in [6.07, 6.45) is 0. The molecule has 0 radical (unpaired) electrons. The smallest absolute Gasteiger partial charge is 0.321 e. The van der Waals surface area contributed by atoms with E-state index < -0.39 is 16.1 Å². The summed E-state index contributed by atoms with van der Waals surface area (Å²) in [4.78, 5) is 24.2. The van der Waals surface area contributed by atoms with Crippen LogP contribution in [0.2, 0.25) is 0 Å². The quantitative estimate of drug-likeness (QED) is 0.611. The number of piperazine rings is 1. The van der Waals surface area contributed by atoms with Crippen molar-refractivity contribution in [1.82, 2.24) is 14.9 Å². The molecule has 0 bridgehead atoms. The number of quaternary nitrogens is 1. The number of hydrogen-bond acceptors (Lipinski definition) is 4. The monoisotopic (exact) mass is 369 g/mol. The maximum Gasteiger partial charge on any atom is 0.321 e. The molecule has 1 aromatic rings. The number of nitrogens with zero attached hydrogens (tertiary/aromatic N) is 1. The van der Waals surface area contributed by atoms with Gasteiger partial charge in [0.2, 0.25) is 10.0 Å². The van der Waals surface area contributed by atoms with E-state index >= 15 is 0 Å². The van der Waals surface area contributed by atoms with Gasteiger partial charge in [-0.25, -0.2) is 13.2 Å². The van der Waals surface area contributed by atoms with Gasteiger partial charge in [-0.3, -0.25) is 10.1 Å². The van der Waals surface area contributed by atoms with Crippen molar-refractivity contribution in [3.8, 4) is 0 Å². The van der Waals surface area contributed by atoms with E-state index in [2.05, 4.69) is 10.6 Å². The van der Waals surface area contributed by atoms with Crippen LogP contribution in [0.5, 0.6) is 0 Å². The van der Waals surface area contributed by atoms with Gasteiger partial charge in [0.1, 0.15) is 0 Å². The molecule has 1 aromatic carbocycles. The summed E-state index contributed by atoms with van der Waals surface area (Å²) < 4.78 is 27.2. The lowest BCUT2D eigenvalue weighted by Crippen LogP contribution is -3.15. The molecule has 3 amide bonds. The Bertz CT molecular complexity index is 755. The number of imide groups is 1. The summed E-state index contributed by atoms with van der Waals surface area (Å²) in [6.45, 7) is 5.53. The van der Waals surface area contributed by atoms with Crippen LogP contribution < -0.4 is 15.5 Å². The summed E-state index contributed by atoms with van der Waals surface area (Å²) in [5.74, 6) is -0.375. The van der Waals surface area contributed by atoms with E-state index in [9.17, 15) is 18.0 Å². The van der Waals surface area contributed by atoms with Crippen LogP contribution in [0.3, 0.4) is 0 Å². The molecule has 0 aromatic heterocycles. The van der Waals surface area contributed by atoms with E-state index in [4.69, 9.17) is 0 Å². The number of benzene rings is 1. The molecule has 1 aliphatic rings. The minimum absolute atomic E-state index is 0.144. The second-order valence-electron chi connectivity index (χ2n) is 6.23. The molecule has 0 spiro atoms. The summed E-state index contributed by atoms with van der Waals surface area (Å²) in [6, 6.07) is 4.86. The van der Waals surface area contributed by atoms with Gasteiger partial charge in [0, 0.05) is 7.05 Å². The number of carbonyl (C=O) groups is 2. The molecule has 0 aliphatic carbocycles. The minimum Gasteiger partial charge on any atom is -0.341 e. The summed E-state index contributed by atoms with van der Waals surface area (Å²) in [7, 11) is -2.10. The number of nitrogens with one attached hydrogen (secondary N) is 3. The predicted molar refractivity (Wildman–Crippen MR) is 92.8 cm³/mol. The highest BCUT2D eigenvalue weighted by Crippen LogP contribution is 2.21. The van der Waals surface area contributed by atoms with Crippen LogP contribution in [-0.2, 0) is 14.8 Å². The highest BCUT2D eigenvalue weighted by Gasteiger charge is 2.32. The molecule has 2 rings (SSSR count). The van der Waals surface area contributed by atoms with E-state index in [1.54, 1.807) is 13.0 Å². The van der Waals surface area contributed by atoms with Crippen LogP contribution in [-0.4, -0.2) is 64.4 Å². The fraction of sp³-hybridized carbons (Fsp3) is 0.500. The first kappa shape index (κ1) is 19.4. The van der Waals surface area contributed by atoms with Gasteiger partial charge in [-0.1, -0.05) is 12.1 Å². The predicted octanol–water partition coefficient (Wildman–Crippen LogP) is -1.35. The van der Waals surface area contributed by atoms with Crippen molar-refractivity contribution in [1.29, 1.82) is 0 Å². The van der Waals surface area contributed by atoms with Crippen LogP contribution in [0.1, 0.15) is 11.1 Å². The van der Waals surface area contributed by atoms with Crippen molar-refractivity contribution in [2.45, 2.75) is 18.7 Å². The second kappa shape index (κ2) is 7.94. The highest BCUT2D eigenvalue weighted by molar-refractivity contribution is 7.89. The Balaban J connectivity index is 1.98. The molecule has 25 heavy (non-hydrogen) atoms. The fourth-order valence-electron chi connectivity index (χ4n) is 2.80. The Morgan fingerprint density at radius 2 is 1.84 bits per heavy atom. The van der Waals surface area contributed by atoms with Crippen molar-refractivity contribution < 1.29 is 22.9 Å². The molecule has 0 saturated carbocycles. The van der Waals surface area contributed by atoms with E-state index in [1.807, 2.05) is 19.1 Å². The Kier molecular flexibility index (Phi) is 6.15. The third-order valence-electron chi connectivity index (χ3n) is 4.28. The first-order valence-corrected chi connectivity index (χ1v) is 9.60. The summed E-state index contributed by atoms with van der Waals surface area (Å²) in [5.41, 5.74) is 1.63.